The summed E-state index contributed by atoms with van der Waals surface area (Å²) < 4.78 is 10.5. The Balaban J connectivity index is 4.25. The van der Waals surface area contributed by atoms with Crippen molar-refractivity contribution in [3.8, 4) is 0 Å². The van der Waals surface area contributed by atoms with Crippen LogP contribution in [0.2, 0.25) is 0 Å². The van der Waals surface area contributed by atoms with Crippen LogP contribution >= 0.6 is 7.60 Å². The van der Waals surface area contributed by atoms with Crippen molar-refractivity contribution >= 4 is 7.60 Å². The van der Waals surface area contributed by atoms with Crippen LogP contribution in [0, 0.1) is 0 Å². The van der Waals surface area contributed by atoms with Crippen LogP contribution in [0.25, 0.3) is 0 Å². The van der Waals surface area contributed by atoms with E-state index in [0.29, 0.717) is 6.42 Å². The molecule has 0 saturated carbocycles. The van der Waals surface area contributed by atoms with Gasteiger partial charge in [0.25, 0.3) is 0 Å². The first-order valence-corrected chi connectivity index (χ1v) is 4.70. The highest BCUT2D eigenvalue weighted by molar-refractivity contribution is 7.53. The van der Waals surface area contributed by atoms with E-state index >= 15 is 0 Å². The van der Waals surface area contributed by atoms with Crippen LogP contribution in [0.1, 0.15) is 26.7 Å². The molecular formula is C5H13O4P. The SMILES string of the molecule is CCCC(C)(O)P(=O)(O)O. The van der Waals surface area contributed by atoms with Crippen molar-refractivity contribution in [2.45, 2.75) is 32.0 Å². The van der Waals surface area contributed by atoms with Gasteiger partial charge in [0.1, 0.15) is 0 Å². The van der Waals surface area contributed by atoms with E-state index in [4.69, 9.17) is 14.9 Å². The lowest BCUT2D eigenvalue weighted by atomic mass is 10.2. The summed E-state index contributed by atoms with van der Waals surface area (Å²) in [5.74, 6) is 0. The number of hydrogen-bond acceptors (Lipinski definition) is 2. The Hall–Kier alpha value is 0.110. The van der Waals surface area contributed by atoms with Gasteiger partial charge in [0, 0.05) is 0 Å². The molecule has 0 aromatic rings. The van der Waals surface area contributed by atoms with Crippen LogP contribution in [-0.2, 0) is 4.57 Å². The Morgan fingerprint density at radius 3 is 2.00 bits per heavy atom. The average Bonchev–Trinajstić information content (AvgIpc) is 1.61. The fourth-order valence-electron chi connectivity index (χ4n) is 0.619. The van der Waals surface area contributed by atoms with Gasteiger partial charge in [-0.2, -0.15) is 0 Å². The molecule has 0 rings (SSSR count). The van der Waals surface area contributed by atoms with E-state index in [1.807, 2.05) is 0 Å². The van der Waals surface area contributed by atoms with Crippen molar-refractivity contribution in [2.24, 2.45) is 0 Å². The molecule has 0 saturated heterocycles. The second-order valence-corrected chi connectivity index (χ2v) is 4.56. The van der Waals surface area contributed by atoms with Crippen molar-refractivity contribution in [1.82, 2.24) is 0 Å². The van der Waals surface area contributed by atoms with Gasteiger partial charge in [0.2, 0.25) is 0 Å². The molecule has 0 aliphatic rings. The van der Waals surface area contributed by atoms with E-state index in [9.17, 15) is 4.57 Å². The monoisotopic (exact) mass is 168 g/mol. The highest BCUT2D eigenvalue weighted by Crippen LogP contribution is 2.50. The zero-order valence-electron chi connectivity index (χ0n) is 6.11. The molecule has 3 N–H and O–H groups in total. The van der Waals surface area contributed by atoms with E-state index in [2.05, 4.69) is 0 Å². The van der Waals surface area contributed by atoms with Gasteiger partial charge in [-0.25, -0.2) is 0 Å². The first kappa shape index (κ1) is 10.1. The predicted octanol–water partition coefficient (Wildman–Crippen LogP) is 0.673. The Kier molecular flexibility index (Phi) is 3.04. The third-order valence-electron chi connectivity index (χ3n) is 1.35. The van der Waals surface area contributed by atoms with Crippen molar-refractivity contribution in [3.63, 3.8) is 0 Å². The summed E-state index contributed by atoms with van der Waals surface area (Å²) in [5, 5.41) is 7.24. The molecule has 0 aromatic heterocycles. The van der Waals surface area contributed by atoms with Gasteiger partial charge in [-0.15, -0.1) is 0 Å². The molecule has 0 amide bonds. The quantitative estimate of drug-likeness (QED) is 0.541. The minimum absolute atomic E-state index is 0.122. The summed E-state index contributed by atoms with van der Waals surface area (Å²) in [6, 6.07) is 0. The predicted molar refractivity (Wildman–Crippen MR) is 37.6 cm³/mol. The van der Waals surface area contributed by atoms with Crippen LogP contribution in [-0.4, -0.2) is 20.2 Å². The van der Waals surface area contributed by atoms with Crippen molar-refractivity contribution in [2.75, 3.05) is 0 Å². The number of rotatable bonds is 3. The molecular weight excluding hydrogens is 155 g/mol. The lowest BCUT2D eigenvalue weighted by molar-refractivity contribution is 0.0993. The Morgan fingerprint density at radius 1 is 1.50 bits per heavy atom. The zero-order chi connectivity index (χ0) is 8.41. The third-order valence-corrected chi connectivity index (χ3v) is 2.83. The van der Waals surface area contributed by atoms with Crippen LogP contribution in [0.4, 0.5) is 0 Å². The molecule has 0 radical (unpaired) electrons. The molecule has 5 heteroatoms. The van der Waals surface area contributed by atoms with Crippen LogP contribution < -0.4 is 0 Å². The molecule has 0 aromatic carbocycles. The number of hydrogen-bond donors (Lipinski definition) is 3. The summed E-state index contributed by atoms with van der Waals surface area (Å²) in [7, 11) is -4.33. The first-order valence-electron chi connectivity index (χ1n) is 3.09. The van der Waals surface area contributed by atoms with Crippen LogP contribution in [0.5, 0.6) is 0 Å². The highest BCUT2D eigenvalue weighted by atomic mass is 31.2. The first-order chi connectivity index (χ1) is 4.31. The largest absolute Gasteiger partial charge is 0.378 e. The Bertz CT molecular complexity index is 148. The van der Waals surface area contributed by atoms with E-state index in [1.165, 1.54) is 0 Å². The lowest BCUT2D eigenvalue weighted by Crippen LogP contribution is -2.23. The maximum Gasteiger partial charge on any atom is 0.356 e. The molecule has 0 fully saturated rings. The summed E-state index contributed by atoms with van der Waals surface area (Å²) in [5.41, 5.74) is 0. The van der Waals surface area contributed by atoms with E-state index in [0.717, 1.165) is 6.92 Å². The van der Waals surface area contributed by atoms with Gasteiger partial charge in [-0.1, -0.05) is 13.3 Å². The van der Waals surface area contributed by atoms with Crippen LogP contribution in [0.15, 0.2) is 0 Å². The molecule has 62 valence electrons. The fraction of sp³-hybridized carbons (Fsp3) is 1.00. The van der Waals surface area contributed by atoms with E-state index in [1.54, 1.807) is 6.92 Å². The Morgan fingerprint density at radius 2 is 1.90 bits per heavy atom. The summed E-state index contributed by atoms with van der Waals surface area (Å²) in [4.78, 5) is 17.1. The highest BCUT2D eigenvalue weighted by Gasteiger charge is 2.38. The summed E-state index contributed by atoms with van der Waals surface area (Å²) in [6.07, 6.45) is 0.676. The molecule has 0 spiro atoms. The molecule has 0 heterocycles. The minimum atomic E-state index is -4.33. The van der Waals surface area contributed by atoms with Crippen molar-refractivity contribution < 1.29 is 19.5 Å². The maximum atomic E-state index is 10.5. The van der Waals surface area contributed by atoms with Crippen LogP contribution in [0.3, 0.4) is 0 Å². The van der Waals surface area contributed by atoms with Gasteiger partial charge >= 0.3 is 7.60 Å². The smallest absolute Gasteiger partial charge is 0.356 e. The molecule has 0 aliphatic heterocycles. The van der Waals surface area contributed by atoms with E-state index in [-0.39, 0.29) is 6.42 Å². The second kappa shape index (κ2) is 3.01. The molecule has 1 unspecified atom stereocenters. The summed E-state index contributed by atoms with van der Waals surface area (Å²) in [6.45, 7) is 2.90. The molecule has 0 aliphatic carbocycles. The Labute approximate surface area is 60.0 Å². The van der Waals surface area contributed by atoms with Crippen molar-refractivity contribution in [3.05, 3.63) is 0 Å². The zero-order valence-corrected chi connectivity index (χ0v) is 7.01. The third kappa shape index (κ3) is 2.39. The average molecular weight is 168 g/mol. The normalized spacial score (nSPS) is 18.5. The minimum Gasteiger partial charge on any atom is -0.378 e. The number of aliphatic hydroxyl groups is 1. The van der Waals surface area contributed by atoms with Gasteiger partial charge in [0.05, 0.1) is 0 Å². The van der Waals surface area contributed by atoms with Gasteiger partial charge < -0.3 is 14.9 Å². The molecule has 1 atom stereocenters. The summed E-state index contributed by atoms with van der Waals surface area (Å²) >= 11 is 0. The topological polar surface area (TPSA) is 77.8 Å². The molecule has 4 nitrogen and oxygen atoms in total. The molecule has 0 bridgehead atoms. The van der Waals surface area contributed by atoms with Gasteiger partial charge in [-0.3, -0.25) is 4.57 Å². The van der Waals surface area contributed by atoms with Crippen molar-refractivity contribution in [1.29, 1.82) is 0 Å². The second-order valence-electron chi connectivity index (χ2n) is 2.51. The molecule has 10 heavy (non-hydrogen) atoms. The standard InChI is InChI=1S/C5H13O4P/c1-3-4-5(2,6)10(7,8)9/h6H,3-4H2,1-2H3,(H2,7,8,9). The lowest BCUT2D eigenvalue weighted by Gasteiger charge is -2.23. The van der Waals surface area contributed by atoms with E-state index < -0.39 is 12.9 Å². The maximum absolute atomic E-state index is 10.5. The fourth-order valence-corrected chi connectivity index (χ4v) is 1.13. The van der Waals surface area contributed by atoms with Gasteiger partial charge in [-0.05, 0) is 13.3 Å². The van der Waals surface area contributed by atoms with Gasteiger partial charge in [0.15, 0.2) is 5.34 Å².